The third kappa shape index (κ3) is 4.99. The molecule has 1 aliphatic rings. The maximum atomic E-state index is 12.2. The van der Waals surface area contributed by atoms with Crippen molar-refractivity contribution in [2.45, 2.75) is 0 Å². The molecule has 1 aliphatic heterocycles. The Morgan fingerprint density at radius 2 is 1.87 bits per heavy atom. The molecule has 192 valence electrons. The summed E-state index contributed by atoms with van der Waals surface area (Å²) < 4.78 is 4.20. The molecular weight excluding hydrogens is 589 g/mol. The fourth-order valence-corrected chi connectivity index (χ4v) is 5.68. The number of alkyl halides is 1. The first-order chi connectivity index (χ1) is 18.7. The summed E-state index contributed by atoms with van der Waals surface area (Å²) in [6.07, 6.45) is 7.56. The molecule has 5 aromatic rings. The average Bonchev–Trinajstić information content (AvgIpc) is 3.39. The molecule has 1 fully saturated rings. The average molecular weight is 616 g/mol. The van der Waals surface area contributed by atoms with Crippen LogP contribution in [-0.4, -0.2) is 56.1 Å². The molecular formula is C29H27IN7O-. The van der Waals surface area contributed by atoms with Crippen LogP contribution in [-0.2, 0) is 4.79 Å². The van der Waals surface area contributed by atoms with E-state index in [-0.39, 0.29) is 27.1 Å². The Hall–Kier alpha value is -3.83. The van der Waals surface area contributed by atoms with Crippen molar-refractivity contribution in [3.05, 3.63) is 84.0 Å². The van der Waals surface area contributed by atoms with Gasteiger partial charge in [-0.15, -0.1) is 0 Å². The summed E-state index contributed by atoms with van der Waals surface area (Å²) in [7, 11) is 0. The van der Waals surface area contributed by atoms with Gasteiger partial charge in [-0.3, -0.25) is 0 Å². The summed E-state index contributed by atoms with van der Waals surface area (Å²) in [6.45, 7) is 7.81. The number of hydrogen-bond acceptors (Lipinski definition) is 6. The summed E-state index contributed by atoms with van der Waals surface area (Å²) >= 11 is -0.300. The van der Waals surface area contributed by atoms with Crippen molar-refractivity contribution >= 4 is 33.8 Å². The number of pyridine rings is 1. The van der Waals surface area contributed by atoms with Gasteiger partial charge in [0.05, 0.1) is 0 Å². The Balaban J connectivity index is 1.27. The zero-order chi connectivity index (χ0) is 25.9. The predicted octanol–water partition coefficient (Wildman–Crippen LogP) is 1.19. The second-order valence-electron chi connectivity index (χ2n) is 9.03. The number of amides is 1. The number of benzene rings is 2. The second kappa shape index (κ2) is 10.9. The van der Waals surface area contributed by atoms with Crippen LogP contribution in [0.4, 0.5) is 11.4 Å². The van der Waals surface area contributed by atoms with E-state index in [1.54, 1.807) is 6.20 Å². The summed E-state index contributed by atoms with van der Waals surface area (Å²) in [5.41, 5.74) is 7.63. The van der Waals surface area contributed by atoms with Gasteiger partial charge >= 0.3 is 154 Å². The summed E-state index contributed by atoms with van der Waals surface area (Å²) in [4.78, 5) is 23.9. The molecule has 0 saturated carbocycles. The molecule has 3 aromatic heterocycles. The van der Waals surface area contributed by atoms with E-state index >= 15 is 0 Å². The van der Waals surface area contributed by atoms with Gasteiger partial charge in [0.2, 0.25) is 0 Å². The van der Waals surface area contributed by atoms with Crippen LogP contribution in [0.5, 0.6) is 0 Å². The van der Waals surface area contributed by atoms with Crippen molar-refractivity contribution in [2.75, 3.05) is 40.8 Å². The second-order valence-corrected chi connectivity index (χ2v) is 11.6. The zero-order valence-electron chi connectivity index (χ0n) is 20.8. The van der Waals surface area contributed by atoms with Gasteiger partial charge in [0.1, 0.15) is 0 Å². The number of carbonyl (C=O) groups excluding carboxylic acids is 1. The molecule has 8 nitrogen and oxygen atoms in total. The summed E-state index contributed by atoms with van der Waals surface area (Å²) in [5.74, 6) is 0.00859. The molecule has 4 heterocycles. The van der Waals surface area contributed by atoms with E-state index in [9.17, 15) is 4.79 Å². The molecule has 38 heavy (non-hydrogen) atoms. The number of fused-ring (bicyclic) bond motifs is 2. The van der Waals surface area contributed by atoms with Crippen LogP contribution in [0.2, 0.25) is 0 Å². The molecule has 0 spiro atoms. The van der Waals surface area contributed by atoms with Gasteiger partial charge in [0.15, 0.2) is 0 Å². The Morgan fingerprint density at radius 3 is 2.68 bits per heavy atom. The number of halogens is 1. The van der Waals surface area contributed by atoms with Crippen molar-refractivity contribution in [1.82, 2.24) is 24.9 Å². The first-order valence-electron chi connectivity index (χ1n) is 12.5. The molecule has 0 atom stereocenters. The quantitative estimate of drug-likeness (QED) is 0.211. The van der Waals surface area contributed by atoms with Crippen LogP contribution in [0, 0.1) is 0 Å². The minimum atomic E-state index is -0.300. The third-order valence-electron chi connectivity index (χ3n) is 6.66. The van der Waals surface area contributed by atoms with Gasteiger partial charge in [-0.05, 0) is 17.7 Å². The van der Waals surface area contributed by atoms with Crippen molar-refractivity contribution < 1.29 is 26.0 Å². The van der Waals surface area contributed by atoms with E-state index in [0.29, 0.717) is 4.43 Å². The molecule has 6 rings (SSSR count). The zero-order valence-corrected chi connectivity index (χ0v) is 22.9. The van der Waals surface area contributed by atoms with Crippen LogP contribution in [0.15, 0.2) is 84.0 Å². The molecule has 2 N–H and O–H groups in total. The van der Waals surface area contributed by atoms with E-state index in [0.717, 1.165) is 70.7 Å². The van der Waals surface area contributed by atoms with E-state index in [2.05, 4.69) is 56.5 Å². The maximum absolute atomic E-state index is 12.2. The number of rotatable bonds is 7. The van der Waals surface area contributed by atoms with Crippen LogP contribution in [0.1, 0.15) is 0 Å². The fraction of sp³-hybridized carbons (Fsp3) is 0.172. The fourth-order valence-electron chi connectivity index (χ4n) is 4.78. The molecule has 1 saturated heterocycles. The van der Waals surface area contributed by atoms with Gasteiger partial charge in [-0.1, -0.05) is 12.1 Å². The topological polar surface area (TPSA) is 87.5 Å². The van der Waals surface area contributed by atoms with E-state index in [1.165, 1.54) is 5.69 Å². The Bertz CT molecular complexity index is 1620. The van der Waals surface area contributed by atoms with Gasteiger partial charge in [0, 0.05) is 37.4 Å². The molecule has 0 unspecified atom stereocenters. The molecule has 0 bridgehead atoms. The molecule has 9 heteroatoms. The molecule has 0 aliphatic carbocycles. The normalized spacial score (nSPS) is 13.7. The van der Waals surface area contributed by atoms with Crippen LogP contribution < -0.4 is 36.7 Å². The Morgan fingerprint density at radius 1 is 1.03 bits per heavy atom. The molecule has 1 amide bonds. The number of piperazine rings is 1. The van der Waals surface area contributed by atoms with E-state index in [1.807, 2.05) is 51.5 Å². The van der Waals surface area contributed by atoms with Gasteiger partial charge in [-0.2, -0.15) is 0 Å². The van der Waals surface area contributed by atoms with Crippen molar-refractivity contribution in [1.29, 1.82) is 0 Å². The molecule has 0 radical (unpaired) electrons. The SMILES string of the molecule is C=C[I-]CC(=O)Nc1ccc2c(-c3cnn4cc(-c5ccc(N6CCNCC6)cc5)cnc34)ccnc2c1. The number of aromatic nitrogens is 4. The number of anilines is 2. The van der Waals surface area contributed by atoms with Crippen LogP contribution in [0.3, 0.4) is 0 Å². The van der Waals surface area contributed by atoms with Crippen molar-refractivity contribution in [3.63, 3.8) is 0 Å². The van der Waals surface area contributed by atoms with E-state index < -0.39 is 0 Å². The number of hydrogen-bond donors (Lipinski definition) is 2. The Kier molecular flexibility index (Phi) is 7.02. The predicted molar refractivity (Wildman–Crippen MR) is 148 cm³/mol. The van der Waals surface area contributed by atoms with Gasteiger partial charge in [-0.25, -0.2) is 0 Å². The van der Waals surface area contributed by atoms with Gasteiger partial charge in [0.25, 0.3) is 0 Å². The summed E-state index contributed by atoms with van der Waals surface area (Å²) in [6, 6.07) is 16.5. The first-order valence-corrected chi connectivity index (χ1v) is 15.2. The van der Waals surface area contributed by atoms with Gasteiger partial charge < -0.3 is 10.2 Å². The van der Waals surface area contributed by atoms with Crippen LogP contribution in [0.25, 0.3) is 38.8 Å². The van der Waals surface area contributed by atoms with Crippen molar-refractivity contribution in [3.8, 4) is 22.3 Å². The first kappa shape index (κ1) is 24.5. The van der Waals surface area contributed by atoms with Crippen molar-refractivity contribution in [2.24, 2.45) is 0 Å². The van der Waals surface area contributed by atoms with E-state index in [4.69, 9.17) is 4.98 Å². The number of carbonyl (C=O) groups is 1. The standard InChI is InChI=1S/C29H27IN7O/c1-2-30-16-28(38)35-22-5-8-25-24(9-10-32-27(25)15-22)26-18-34-37-19-21(17-33-29(26)37)20-3-6-23(7-4-20)36-13-11-31-12-14-36/h2-10,15,17-19,31H,1,11-14,16H2,(H,35,38)/q-1. The monoisotopic (exact) mass is 616 g/mol. The van der Waals surface area contributed by atoms with Crippen LogP contribution >= 0.6 is 0 Å². The third-order valence-corrected chi connectivity index (χ3v) is 8.42. The number of nitrogens with zero attached hydrogens (tertiary/aromatic N) is 5. The number of nitrogens with one attached hydrogen (secondary N) is 2. The Labute approximate surface area is 231 Å². The minimum absolute atomic E-state index is 0.00859. The summed E-state index contributed by atoms with van der Waals surface area (Å²) in [5, 5.41) is 12.0. The molecule has 2 aromatic carbocycles.